The summed E-state index contributed by atoms with van der Waals surface area (Å²) in [5.74, 6) is 0. The topological polar surface area (TPSA) is 69.7 Å². The molecule has 1 N–H and O–H groups in total. The Kier molecular flexibility index (Phi) is 6.31. The van der Waals surface area contributed by atoms with Gasteiger partial charge < -0.3 is 19.4 Å². The van der Waals surface area contributed by atoms with Crippen molar-refractivity contribution in [3.05, 3.63) is 34.6 Å². The normalized spacial score (nSPS) is 18.9. The molecule has 0 saturated carbocycles. The Balaban J connectivity index is 2.28. The molecule has 7 heteroatoms. The quantitative estimate of drug-likeness (QED) is 0.782. The highest BCUT2D eigenvalue weighted by Crippen LogP contribution is 2.38. The van der Waals surface area contributed by atoms with E-state index in [0.717, 1.165) is 22.3 Å². The Morgan fingerprint density at radius 2 is 1.79 bits per heavy atom. The van der Waals surface area contributed by atoms with E-state index in [1.165, 1.54) is 0 Å². The van der Waals surface area contributed by atoms with Crippen LogP contribution in [-0.4, -0.2) is 41.5 Å². The third-order valence-electron chi connectivity index (χ3n) is 4.97. The lowest BCUT2D eigenvalue weighted by atomic mass is 9.77. The van der Waals surface area contributed by atoms with Gasteiger partial charge in [0.25, 0.3) is 0 Å². The number of hydrogen-bond acceptors (Lipinski definition) is 5. The van der Waals surface area contributed by atoms with Crippen LogP contribution >= 0.6 is 0 Å². The lowest BCUT2D eigenvalue weighted by Gasteiger charge is -2.32. The van der Waals surface area contributed by atoms with Gasteiger partial charge in [-0.25, -0.2) is 4.79 Å². The lowest BCUT2D eigenvalue weighted by molar-refractivity contribution is 0.00578. The van der Waals surface area contributed by atoms with Gasteiger partial charge in [-0.2, -0.15) is 0 Å². The molecule has 0 bridgehead atoms. The number of alkyl carbamates (subject to hydrolysis) is 1. The Morgan fingerprint density at radius 1 is 1.21 bits per heavy atom. The molecule has 1 aliphatic heterocycles. The molecule has 1 aliphatic rings. The fraction of sp³-hybridized carbons (Fsp3) is 0.619. The zero-order chi connectivity index (χ0) is 21.3. The standard InChI is InChI=1S/C21H33BN2O4/c1-14-10-15(2)17(23-12-14)11-16(13-24-18(25)26-19(3,4)5)22-27-20(6,7)21(8,9)28-22/h10-12H,13H2,1-9H3,(H,24,25). The number of amides is 1. The maximum absolute atomic E-state index is 12.1. The van der Waals surface area contributed by atoms with Gasteiger partial charge in [-0.1, -0.05) is 6.07 Å². The van der Waals surface area contributed by atoms with Crippen molar-refractivity contribution in [2.75, 3.05) is 6.54 Å². The summed E-state index contributed by atoms with van der Waals surface area (Å²) in [5, 5.41) is 2.80. The van der Waals surface area contributed by atoms with E-state index in [1.807, 2.05) is 74.6 Å². The molecule has 0 spiro atoms. The van der Waals surface area contributed by atoms with E-state index in [-0.39, 0.29) is 6.54 Å². The fourth-order valence-corrected chi connectivity index (χ4v) is 2.74. The number of ether oxygens (including phenoxy) is 1. The van der Waals surface area contributed by atoms with Crippen molar-refractivity contribution < 1.29 is 18.8 Å². The smallest absolute Gasteiger partial charge is 0.444 e. The average molecular weight is 388 g/mol. The van der Waals surface area contributed by atoms with Crippen LogP contribution in [0.2, 0.25) is 0 Å². The van der Waals surface area contributed by atoms with E-state index in [9.17, 15) is 4.79 Å². The van der Waals surface area contributed by atoms with Crippen LogP contribution in [0.3, 0.4) is 0 Å². The van der Waals surface area contributed by atoms with Crippen LogP contribution in [0.25, 0.3) is 6.08 Å². The number of carbonyl (C=O) groups is 1. The predicted octanol–water partition coefficient (Wildman–Crippen LogP) is 4.24. The van der Waals surface area contributed by atoms with Crippen LogP contribution in [-0.2, 0) is 14.0 Å². The number of aryl methyl sites for hydroxylation is 2. The highest BCUT2D eigenvalue weighted by molar-refractivity contribution is 6.56. The summed E-state index contributed by atoms with van der Waals surface area (Å²) >= 11 is 0. The molecule has 0 aliphatic carbocycles. The molecular weight excluding hydrogens is 355 g/mol. The molecule has 1 saturated heterocycles. The van der Waals surface area contributed by atoms with E-state index in [0.29, 0.717) is 0 Å². The van der Waals surface area contributed by atoms with Gasteiger partial charge >= 0.3 is 13.2 Å². The van der Waals surface area contributed by atoms with Gasteiger partial charge in [-0.3, -0.25) is 4.98 Å². The van der Waals surface area contributed by atoms with Crippen LogP contribution < -0.4 is 5.32 Å². The van der Waals surface area contributed by atoms with Crippen molar-refractivity contribution in [3.8, 4) is 0 Å². The van der Waals surface area contributed by atoms with Gasteiger partial charge in [0.05, 0.1) is 16.9 Å². The van der Waals surface area contributed by atoms with Crippen molar-refractivity contribution >= 4 is 19.3 Å². The monoisotopic (exact) mass is 388 g/mol. The molecule has 0 atom stereocenters. The number of aromatic nitrogens is 1. The highest BCUT2D eigenvalue weighted by Gasteiger charge is 2.52. The van der Waals surface area contributed by atoms with E-state index in [4.69, 9.17) is 14.0 Å². The van der Waals surface area contributed by atoms with Crippen molar-refractivity contribution in [2.45, 2.75) is 79.1 Å². The number of pyridine rings is 1. The minimum absolute atomic E-state index is 0.237. The van der Waals surface area contributed by atoms with Crippen molar-refractivity contribution in [3.63, 3.8) is 0 Å². The lowest BCUT2D eigenvalue weighted by Crippen LogP contribution is -2.41. The van der Waals surface area contributed by atoms with Crippen LogP contribution in [0.4, 0.5) is 4.79 Å². The summed E-state index contributed by atoms with van der Waals surface area (Å²) in [6.45, 7) is 17.7. The molecule has 1 fully saturated rings. The molecule has 0 aromatic carbocycles. The van der Waals surface area contributed by atoms with E-state index in [2.05, 4.69) is 16.4 Å². The van der Waals surface area contributed by atoms with Gasteiger partial charge in [0, 0.05) is 12.7 Å². The summed E-state index contributed by atoms with van der Waals surface area (Å²) in [6, 6.07) is 2.07. The van der Waals surface area contributed by atoms with Crippen molar-refractivity contribution in [1.29, 1.82) is 0 Å². The second-order valence-corrected chi connectivity index (χ2v) is 9.38. The number of nitrogens with one attached hydrogen (secondary N) is 1. The molecule has 2 rings (SSSR count). The van der Waals surface area contributed by atoms with Crippen molar-refractivity contribution in [2.24, 2.45) is 0 Å². The van der Waals surface area contributed by atoms with E-state index >= 15 is 0 Å². The zero-order valence-electron chi connectivity index (χ0n) is 18.6. The molecule has 0 unspecified atom stereocenters. The number of rotatable bonds is 4. The first-order chi connectivity index (χ1) is 12.7. The zero-order valence-corrected chi connectivity index (χ0v) is 18.6. The van der Waals surface area contributed by atoms with E-state index < -0.39 is 30.0 Å². The Hall–Kier alpha value is -1.86. The molecule has 2 heterocycles. The summed E-state index contributed by atoms with van der Waals surface area (Å²) in [6.07, 6.45) is 3.26. The molecule has 28 heavy (non-hydrogen) atoms. The van der Waals surface area contributed by atoms with Gasteiger partial charge in [0.2, 0.25) is 0 Å². The maximum Gasteiger partial charge on any atom is 0.492 e. The van der Waals surface area contributed by atoms with Gasteiger partial charge in [-0.15, -0.1) is 0 Å². The molecule has 1 amide bonds. The van der Waals surface area contributed by atoms with Gasteiger partial charge in [-0.05, 0) is 85.0 Å². The number of hydrogen-bond donors (Lipinski definition) is 1. The Morgan fingerprint density at radius 3 is 2.29 bits per heavy atom. The fourth-order valence-electron chi connectivity index (χ4n) is 2.74. The Bertz CT molecular complexity index is 750. The minimum Gasteiger partial charge on any atom is -0.444 e. The highest BCUT2D eigenvalue weighted by atomic mass is 16.7. The molecule has 154 valence electrons. The van der Waals surface area contributed by atoms with Gasteiger partial charge in [0.15, 0.2) is 0 Å². The third kappa shape index (κ3) is 5.58. The van der Waals surface area contributed by atoms with Crippen LogP contribution in [0, 0.1) is 13.8 Å². The summed E-state index contributed by atoms with van der Waals surface area (Å²) in [4.78, 5) is 16.7. The molecular formula is C21H33BN2O4. The summed E-state index contributed by atoms with van der Waals surface area (Å²) in [5.41, 5.74) is 2.24. The number of carbonyl (C=O) groups excluding carboxylic acids is 1. The molecule has 1 aromatic rings. The van der Waals surface area contributed by atoms with Gasteiger partial charge in [0.1, 0.15) is 5.60 Å². The molecule has 6 nitrogen and oxygen atoms in total. The maximum atomic E-state index is 12.1. The first kappa shape index (κ1) is 22.4. The predicted molar refractivity (Wildman–Crippen MR) is 112 cm³/mol. The van der Waals surface area contributed by atoms with Crippen LogP contribution in [0.5, 0.6) is 0 Å². The summed E-state index contributed by atoms with van der Waals surface area (Å²) < 4.78 is 17.7. The molecule has 0 radical (unpaired) electrons. The Labute approximate surface area is 169 Å². The van der Waals surface area contributed by atoms with Crippen molar-refractivity contribution in [1.82, 2.24) is 10.3 Å². The average Bonchev–Trinajstić information content (AvgIpc) is 2.71. The first-order valence-electron chi connectivity index (χ1n) is 9.66. The first-order valence-corrected chi connectivity index (χ1v) is 9.66. The second-order valence-electron chi connectivity index (χ2n) is 9.38. The second kappa shape index (κ2) is 7.87. The largest absolute Gasteiger partial charge is 0.492 e. The van der Waals surface area contributed by atoms with Crippen LogP contribution in [0.1, 0.15) is 65.3 Å². The minimum atomic E-state index is -0.581. The molecule has 1 aromatic heterocycles. The third-order valence-corrected chi connectivity index (χ3v) is 4.97. The van der Waals surface area contributed by atoms with E-state index in [1.54, 1.807) is 0 Å². The number of nitrogens with zero attached hydrogens (tertiary/aromatic N) is 1. The van der Waals surface area contributed by atoms with Crippen LogP contribution in [0.15, 0.2) is 17.7 Å². The summed E-state index contributed by atoms with van der Waals surface area (Å²) in [7, 11) is -0.581. The SMILES string of the molecule is Cc1cnc(C=C(CNC(=O)OC(C)(C)C)B2OC(C)(C)C(C)(C)O2)c(C)c1.